The molecule has 574 valence electrons. The fourth-order valence-electron chi connectivity index (χ4n) is 14.2. The number of rotatable bonds is 53. The summed E-state index contributed by atoms with van der Waals surface area (Å²) in [4.78, 5) is 117. The average Bonchev–Trinajstić information content (AvgIpc) is 0.767. The van der Waals surface area contributed by atoms with Crippen molar-refractivity contribution in [2.45, 2.75) is 227 Å². The van der Waals surface area contributed by atoms with Gasteiger partial charge in [-0.3, -0.25) is 38.4 Å². The lowest BCUT2D eigenvalue weighted by Crippen LogP contribution is -2.35. The highest BCUT2D eigenvalue weighted by molar-refractivity contribution is 7.96. The highest BCUT2D eigenvalue weighted by Crippen LogP contribution is 2.57. The van der Waals surface area contributed by atoms with Crippen LogP contribution in [0.3, 0.4) is 0 Å². The van der Waals surface area contributed by atoms with E-state index in [4.69, 9.17) is 14.5 Å². The monoisotopic (exact) mass is 1490 g/mol. The minimum absolute atomic E-state index is 0.00906. The number of ketones is 1. The second-order valence-electron chi connectivity index (χ2n) is 28.1. The molecule has 0 bridgehead atoms. The zero-order valence-electron chi connectivity index (χ0n) is 64.3. The van der Waals surface area contributed by atoms with Crippen molar-refractivity contribution in [3.05, 3.63) is 182 Å². The van der Waals surface area contributed by atoms with Gasteiger partial charge in [0, 0.05) is 66.3 Å². The van der Waals surface area contributed by atoms with Crippen molar-refractivity contribution in [3.63, 3.8) is 0 Å². The number of benzene rings is 6. The number of carbonyl (C=O) groups excluding carboxylic acids is 8. The predicted molar refractivity (Wildman–Crippen MR) is 434 cm³/mol. The molecule has 0 saturated heterocycles. The lowest BCUT2D eigenvalue weighted by Gasteiger charge is -2.27. The smallest absolute Gasteiger partial charge is 0.329 e. The van der Waals surface area contributed by atoms with Gasteiger partial charge >= 0.3 is 17.9 Å². The van der Waals surface area contributed by atoms with Crippen molar-refractivity contribution in [2.24, 2.45) is 0 Å². The molecule has 0 aliphatic heterocycles. The summed E-state index contributed by atoms with van der Waals surface area (Å²) in [5, 5.41) is 14.7. The van der Waals surface area contributed by atoms with E-state index < -0.39 is 44.2 Å². The predicted octanol–water partition coefficient (Wildman–Crippen LogP) is 16.0. The Kier molecular flexibility index (Phi) is 42.2. The van der Waals surface area contributed by atoms with E-state index in [9.17, 15) is 38.4 Å². The molecule has 0 atom stereocenters. The van der Waals surface area contributed by atoms with Gasteiger partial charge in [-0.15, -0.1) is 0 Å². The first-order valence-electron chi connectivity index (χ1n) is 39.7. The first kappa shape index (κ1) is 87.0. The molecule has 6 aromatic carbocycles. The second kappa shape index (κ2) is 51.4. The van der Waals surface area contributed by atoms with Crippen LogP contribution < -0.4 is 37.1 Å². The van der Waals surface area contributed by atoms with Crippen LogP contribution in [0.15, 0.2) is 182 Å². The molecule has 4 amide bonds. The lowest BCUT2D eigenvalue weighted by atomic mass is 10.1. The summed E-state index contributed by atoms with van der Waals surface area (Å²) in [7, 11) is -3.62. The van der Waals surface area contributed by atoms with Gasteiger partial charge in [0.2, 0.25) is 5.91 Å². The number of hydrogen-bond acceptors (Lipinski definition) is 12. The number of Topliss-reactive ketones (excluding diaryl/α,β-unsaturated/α-hetero) is 1. The number of hydroxylamine groups is 6. The molecule has 0 aliphatic rings. The van der Waals surface area contributed by atoms with E-state index >= 15 is 0 Å². The summed E-state index contributed by atoms with van der Waals surface area (Å²) in [6.07, 6.45) is 28.8. The minimum Gasteiger partial charge on any atom is -0.356 e. The first-order chi connectivity index (χ1) is 51.6. The Morgan fingerprint density at radius 3 is 0.877 bits per heavy atom. The standard InChI is InChI=1S/C88H122N5O11P2/c1-75(94)91(102-76(2)95)70-44-16-13-27-49-79(98)62-64-87(100)92(103-77(3)96)71-45-25-40-66-89-86(99)63-65-88(101)93(104-78(4)97)72-46-26-43-69-90(67-41-14-9-5-7-11-17-47-73-105(80-50-28-19-29-51-80,81-52-30-20-31-53-81)82-54-32-21-33-55-82)68-42-15-10-6-8-12-18-48-74-106(83-56-34-22-35-57-83,84-58-36-23-37-59-84)85-60-38-24-39-61-85/h19-24,28-39,50-61H,5-18,25-27,40-49,62-74H2,1-4H3/q+1/p+1. The summed E-state index contributed by atoms with van der Waals surface area (Å²) in [6.45, 7) is 9.13. The van der Waals surface area contributed by atoms with Crippen LogP contribution in [-0.2, 0) is 52.9 Å². The van der Waals surface area contributed by atoms with Crippen molar-refractivity contribution >= 4 is 93.7 Å². The van der Waals surface area contributed by atoms with E-state index in [1.54, 1.807) is 0 Å². The van der Waals surface area contributed by atoms with Crippen LogP contribution >= 0.6 is 14.5 Å². The summed E-state index contributed by atoms with van der Waals surface area (Å²) >= 11 is 0. The van der Waals surface area contributed by atoms with Gasteiger partial charge in [-0.1, -0.05) is 193 Å². The Bertz CT molecular complexity index is 3130. The number of hydrogen-bond donors (Lipinski definition) is 1. The maximum absolute atomic E-state index is 13.4. The summed E-state index contributed by atoms with van der Waals surface area (Å²) < 4.78 is 0. The second-order valence-corrected chi connectivity index (χ2v) is 35.3. The molecule has 0 spiro atoms. The van der Waals surface area contributed by atoms with Crippen LogP contribution in [0.4, 0.5) is 0 Å². The largest absolute Gasteiger partial charge is 0.356 e. The molecule has 0 unspecified atom stereocenters. The number of unbranched alkanes of at least 4 members (excludes halogenated alkanes) is 21. The fourth-order valence-corrected chi connectivity index (χ4v) is 23.0. The Morgan fingerprint density at radius 1 is 0.283 bits per heavy atom. The number of nitrogens with zero attached hydrogens (tertiary/aromatic N) is 4. The molecule has 16 nitrogen and oxygen atoms in total. The molecule has 0 saturated carbocycles. The SMILES string of the molecule is CC(=O)ON(CCCCCCC(=O)CCC(=O)N(CCCCCNC(=O)CCC(=O)N(CCCCCN(CCCCCCCCCC[P+](c1ccccc1)(c1ccccc1)c1ccccc1)CCCCCCCCCC[P+](c1ccccc1)(c1ccccc1)c1ccccc1)OC(C)=O)OC(C)=O)C(C)=O. The van der Waals surface area contributed by atoms with Crippen LogP contribution in [0.25, 0.3) is 0 Å². The van der Waals surface area contributed by atoms with Crippen molar-refractivity contribution < 1.29 is 52.9 Å². The molecular formula is C88H123N5O11P2+2. The molecule has 0 radical (unpaired) electrons. The van der Waals surface area contributed by atoms with E-state index in [1.807, 2.05) is 0 Å². The molecule has 18 heteroatoms. The number of amides is 4. The zero-order chi connectivity index (χ0) is 75.7. The third-order valence-electron chi connectivity index (χ3n) is 19.7. The van der Waals surface area contributed by atoms with Gasteiger partial charge in [0.25, 0.3) is 17.7 Å². The quantitative estimate of drug-likeness (QED) is 0.0216. The molecule has 6 aromatic rings. The molecular weight excluding hydrogens is 1360 g/mol. The van der Waals surface area contributed by atoms with Gasteiger partial charge in [0.1, 0.15) is 52.1 Å². The number of nitrogens with one attached hydrogen (secondary N) is 1. The van der Waals surface area contributed by atoms with Crippen molar-refractivity contribution in [1.29, 1.82) is 0 Å². The highest BCUT2D eigenvalue weighted by Gasteiger charge is 2.46. The van der Waals surface area contributed by atoms with Gasteiger partial charge in [0.05, 0.1) is 32.0 Å². The fraction of sp³-hybridized carbons (Fsp3) is 0.500. The number of carbonyl (C=O) groups is 8. The topological polar surface area (TPSA) is 189 Å². The van der Waals surface area contributed by atoms with E-state index in [1.165, 1.54) is 175 Å². The van der Waals surface area contributed by atoms with Gasteiger partial charge in [0.15, 0.2) is 0 Å². The Hall–Kier alpha value is -7.90. The molecule has 0 heterocycles. The van der Waals surface area contributed by atoms with Crippen LogP contribution in [-0.4, -0.2) is 126 Å². The summed E-state index contributed by atoms with van der Waals surface area (Å²) in [6, 6.07) is 67.4. The Morgan fingerprint density at radius 2 is 0.547 bits per heavy atom. The van der Waals surface area contributed by atoms with Gasteiger partial charge in [-0.2, -0.15) is 15.2 Å². The molecule has 1 N–H and O–H groups in total. The lowest BCUT2D eigenvalue weighted by molar-refractivity contribution is -0.196. The third-order valence-corrected chi connectivity index (χ3v) is 28.7. The average molecular weight is 1490 g/mol. The normalized spacial score (nSPS) is 11.4. The van der Waals surface area contributed by atoms with Gasteiger partial charge in [-0.05, 0) is 176 Å². The van der Waals surface area contributed by atoms with E-state index in [0.29, 0.717) is 45.1 Å². The molecule has 0 aromatic heterocycles. The third kappa shape index (κ3) is 32.3. The van der Waals surface area contributed by atoms with E-state index in [0.717, 1.165) is 60.5 Å². The maximum Gasteiger partial charge on any atom is 0.329 e. The van der Waals surface area contributed by atoms with Gasteiger partial charge < -0.3 is 24.7 Å². The zero-order valence-corrected chi connectivity index (χ0v) is 66.1. The van der Waals surface area contributed by atoms with Crippen molar-refractivity contribution in [3.8, 4) is 0 Å². The van der Waals surface area contributed by atoms with Crippen LogP contribution in [0.2, 0.25) is 0 Å². The minimum atomic E-state index is -1.81. The summed E-state index contributed by atoms with van der Waals surface area (Å²) in [5.41, 5.74) is 0. The summed E-state index contributed by atoms with van der Waals surface area (Å²) in [5.74, 6) is -3.47. The maximum atomic E-state index is 13.4. The van der Waals surface area contributed by atoms with Crippen LogP contribution in [0, 0.1) is 0 Å². The van der Waals surface area contributed by atoms with Crippen molar-refractivity contribution in [1.82, 2.24) is 25.4 Å². The molecule has 6 rings (SSSR count). The Balaban J connectivity index is 0.897. The van der Waals surface area contributed by atoms with Crippen molar-refractivity contribution in [2.75, 3.05) is 58.1 Å². The first-order valence-corrected chi connectivity index (χ1v) is 43.6. The van der Waals surface area contributed by atoms with Crippen LogP contribution in [0.5, 0.6) is 0 Å². The van der Waals surface area contributed by atoms with E-state index in [2.05, 4.69) is 192 Å². The molecule has 0 fully saturated rings. The Labute approximate surface area is 635 Å². The van der Waals surface area contributed by atoms with Crippen LogP contribution in [0.1, 0.15) is 227 Å². The van der Waals surface area contributed by atoms with Gasteiger partial charge in [-0.25, -0.2) is 0 Å². The highest BCUT2D eigenvalue weighted by atomic mass is 31.2. The molecule has 106 heavy (non-hydrogen) atoms. The molecule has 0 aliphatic carbocycles. The van der Waals surface area contributed by atoms with E-state index in [-0.39, 0.29) is 69.3 Å².